The van der Waals surface area contributed by atoms with Crippen LogP contribution in [0.15, 0.2) is 12.5 Å². The highest BCUT2D eigenvalue weighted by molar-refractivity contribution is 5.79. The normalized spacial score (nSPS) is 27.0. The van der Waals surface area contributed by atoms with Gasteiger partial charge in [-0.2, -0.15) is 5.10 Å². The van der Waals surface area contributed by atoms with Gasteiger partial charge in [0, 0.05) is 6.42 Å². The number of aliphatic hydroxyl groups excluding tert-OH is 2. The van der Waals surface area contributed by atoms with Crippen LogP contribution in [0.25, 0.3) is 11.0 Å². The number of ether oxygens (including phenoxy) is 2. The Morgan fingerprint density at radius 3 is 3.05 bits per heavy atom. The summed E-state index contributed by atoms with van der Waals surface area (Å²) in [6.45, 7) is -0.227. The average Bonchev–Trinajstić information content (AvgIpc) is 3.01. The molecular weight excluding hydrogens is 252 g/mol. The Hall–Kier alpha value is -1.77. The molecule has 0 bridgehead atoms. The second-order valence-corrected chi connectivity index (χ2v) is 4.32. The lowest BCUT2D eigenvalue weighted by Gasteiger charge is -2.12. The summed E-state index contributed by atoms with van der Waals surface area (Å²) >= 11 is 0. The minimum atomic E-state index is -0.710. The van der Waals surface area contributed by atoms with Crippen molar-refractivity contribution < 1.29 is 19.7 Å². The number of aliphatic hydroxyl groups is 2. The van der Waals surface area contributed by atoms with E-state index in [0.29, 0.717) is 23.3 Å². The fourth-order valence-corrected chi connectivity index (χ4v) is 2.24. The topological polar surface area (TPSA) is 103 Å². The molecule has 1 aliphatic rings. The molecule has 1 aliphatic heterocycles. The molecule has 3 atom stereocenters. The number of rotatable bonds is 3. The largest absolute Gasteiger partial charge is 0.480 e. The van der Waals surface area contributed by atoms with E-state index in [9.17, 15) is 5.11 Å². The summed E-state index contributed by atoms with van der Waals surface area (Å²) < 4.78 is 12.2. The molecule has 0 aliphatic carbocycles. The van der Waals surface area contributed by atoms with E-state index in [4.69, 9.17) is 14.6 Å². The summed E-state index contributed by atoms with van der Waals surface area (Å²) in [5.41, 5.74) is 0.572. The van der Waals surface area contributed by atoms with Crippen LogP contribution in [0.5, 0.6) is 5.88 Å². The maximum atomic E-state index is 9.75. The van der Waals surface area contributed by atoms with Crippen LogP contribution in [0, 0.1) is 0 Å². The van der Waals surface area contributed by atoms with Gasteiger partial charge in [-0.15, -0.1) is 0 Å². The number of hydrogen-bond donors (Lipinski definition) is 2. The van der Waals surface area contributed by atoms with Crippen molar-refractivity contribution in [3.8, 4) is 5.88 Å². The Morgan fingerprint density at radius 2 is 2.37 bits per heavy atom. The maximum Gasteiger partial charge on any atom is 0.227 e. The molecule has 3 rings (SSSR count). The maximum absolute atomic E-state index is 9.75. The van der Waals surface area contributed by atoms with Crippen molar-refractivity contribution in [2.24, 2.45) is 0 Å². The molecule has 102 valence electrons. The fourth-order valence-electron chi connectivity index (χ4n) is 2.24. The third-order valence-corrected chi connectivity index (χ3v) is 3.20. The zero-order valence-electron chi connectivity index (χ0n) is 10.3. The molecule has 2 aromatic heterocycles. The van der Waals surface area contributed by atoms with Crippen LogP contribution in [0.1, 0.15) is 12.6 Å². The number of hydrogen-bond acceptors (Lipinski definition) is 7. The monoisotopic (exact) mass is 266 g/mol. The van der Waals surface area contributed by atoms with E-state index >= 15 is 0 Å². The first-order chi connectivity index (χ1) is 9.24. The second kappa shape index (κ2) is 4.72. The fraction of sp³-hybridized carbons (Fsp3) is 0.545. The van der Waals surface area contributed by atoms with Gasteiger partial charge in [-0.05, 0) is 0 Å². The van der Waals surface area contributed by atoms with Crippen molar-refractivity contribution in [1.29, 1.82) is 0 Å². The highest BCUT2D eigenvalue weighted by Crippen LogP contribution is 2.31. The molecule has 1 unspecified atom stereocenters. The van der Waals surface area contributed by atoms with Gasteiger partial charge in [0.25, 0.3) is 0 Å². The Labute approximate surface area is 108 Å². The zero-order valence-corrected chi connectivity index (χ0v) is 10.3. The second-order valence-electron chi connectivity index (χ2n) is 4.32. The lowest BCUT2D eigenvalue weighted by atomic mass is 10.2. The SMILES string of the molecule is COc1ncnc2c1cnn2[C@H]1CC(O)[C@@H](CO)O1. The first-order valence-electron chi connectivity index (χ1n) is 5.91. The molecule has 2 aromatic rings. The standard InChI is InChI=1S/C11H14N4O4/c1-18-11-6-3-14-15(10(6)12-5-13-11)9-2-7(17)8(4-16)19-9/h3,5,7-9,16-17H,2,4H2,1H3/t7?,8-,9-/m1/s1. The third-order valence-electron chi connectivity index (χ3n) is 3.20. The summed E-state index contributed by atoms with van der Waals surface area (Å²) in [5.74, 6) is 0.438. The van der Waals surface area contributed by atoms with E-state index in [1.807, 2.05) is 0 Å². The van der Waals surface area contributed by atoms with E-state index in [-0.39, 0.29) is 6.61 Å². The lowest BCUT2D eigenvalue weighted by Crippen LogP contribution is -2.24. The molecule has 0 spiro atoms. The minimum absolute atomic E-state index is 0.227. The van der Waals surface area contributed by atoms with E-state index in [1.54, 1.807) is 10.9 Å². The molecule has 0 aromatic carbocycles. The Morgan fingerprint density at radius 1 is 1.53 bits per heavy atom. The van der Waals surface area contributed by atoms with Crippen LogP contribution in [-0.4, -0.2) is 55.9 Å². The molecule has 0 amide bonds. The van der Waals surface area contributed by atoms with Crippen molar-refractivity contribution in [1.82, 2.24) is 19.7 Å². The molecule has 8 heteroatoms. The number of methoxy groups -OCH3 is 1. The van der Waals surface area contributed by atoms with E-state index < -0.39 is 18.4 Å². The summed E-state index contributed by atoms with van der Waals surface area (Å²) in [5, 5.41) is 23.7. The van der Waals surface area contributed by atoms with Gasteiger partial charge >= 0.3 is 0 Å². The van der Waals surface area contributed by atoms with Gasteiger partial charge < -0.3 is 19.7 Å². The highest BCUT2D eigenvalue weighted by atomic mass is 16.5. The molecule has 1 saturated heterocycles. The minimum Gasteiger partial charge on any atom is -0.480 e. The number of aromatic nitrogens is 4. The van der Waals surface area contributed by atoms with Crippen molar-refractivity contribution in [3.05, 3.63) is 12.5 Å². The third kappa shape index (κ3) is 1.93. The molecule has 8 nitrogen and oxygen atoms in total. The van der Waals surface area contributed by atoms with Crippen LogP contribution >= 0.6 is 0 Å². The first kappa shape index (κ1) is 12.3. The molecule has 1 fully saturated rings. The van der Waals surface area contributed by atoms with Gasteiger partial charge in [0.2, 0.25) is 5.88 Å². The Kier molecular flexibility index (Phi) is 3.05. The molecule has 0 saturated carbocycles. The summed E-state index contributed by atoms with van der Waals surface area (Å²) in [6, 6.07) is 0. The van der Waals surface area contributed by atoms with Crippen LogP contribution in [0.4, 0.5) is 0 Å². The van der Waals surface area contributed by atoms with Gasteiger partial charge in [-0.25, -0.2) is 14.6 Å². The molecule has 19 heavy (non-hydrogen) atoms. The highest BCUT2D eigenvalue weighted by Gasteiger charge is 2.35. The predicted octanol–water partition coefficient (Wildman–Crippen LogP) is -0.524. The zero-order chi connectivity index (χ0) is 13.4. The van der Waals surface area contributed by atoms with Crippen LogP contribution in [0.2, 0.25) is 0 Å². The van der Waals surface area contributed by atoms with E-state index in [0.717, 1.165) is 0 Å². The first-order valence-corrected chi connectivity index (χ1v) is 5.91. The van der Waals surface area contributed by atoms with Crippen molar-refractivity contribution in [2.45, 2.75) is 24.9 Å². The number of fused-ring (bicyclic) bond motifs is 1. The van der Waals surface area contributed by atoms with E-state index in [2.05, 4.69) is 15.1 Å². The van der Waals surface area contributed by atoms with Gasteiger partial charge in [0.05, 0.1) is 26.0 Å². The smallest absolute Gasteiger partial charge is 0.227 e. The summed E-state index contributed by atoms with van der Waals surface area (Å²) in [4.78, 5) is 8.15. The predicted molar refractivity (Wildman–Crippen MR) is 63.5 cm³/mol. The van der Waals surface area contributed by atoms with Crippen LogP contribution in [0.3, 0.4) is 0 Å². The molecule has 0 radical (unpaired) electrons. The number of nitrogens with zero attached hydrogens (tertiary/aromatic N) is 4. The van der Waals surface area contributed by atoms with Gasteiger partial charge in [0.15, 0.2) is 11.9 Å². The van der Waals surface area contributed by atoms with Crippen molar-refractivity contribution in [3.63, 3.8) is 0 Å². The van der Waals surface area contributed by atoms with Gasteiger partial charge in [-0.3, -0.25) is 0 Å². The molecular formula is C11H14N4O4. The van der Waals surface area contributed by atoms with Crippen LogP contribution < -0.4 is 4.74 Å². The summed E-state index contributed by atoms with van der Waals surface area (Å²) in [7, 11) is 1.52. The average molecular weight is 266 g/mol. The Bertz CT molecular complexity index is 587. The lowest BCUT2D eigenvalue weighted by molar-refractivity contribution is -0.0470. The van der Waals surface area contributed by atoms with Gasteiger partial charge in [-0.1, -0.05) is 0 Å². The van der Waals surface area contributed by atoms with Gasteiger partial charge in [0.1, 0.15) is 17.8 Å². The summed E-state index contributed by atoms with van der Waals surface area (Å²) in [6.07, 6.45) is 1.58. The molecule has 2 N–H and O–H groups in total. The molecule has 3 heterocycles. The van der Waals surface area contributed by atoms with Crippen molar-refractivity contribution >= 4 is 11.0 Å². The van der Waals surface area contributed by atoms with Crippen molar-refractivity contribution in [2.75, 3.05) is 13.7 Å². The van der Waals surface area contributed by atoms with E-state index in [1.165, 1.54) is 13.4 Å². The Balaban J connectivity index is 1.98. The van der Waals surface area contributed by atoms with Crippen LogP contribution in [-0.2, 0) is 4.74 Å². The quantitative estimate of drug-likeness (QED) is 0.770.